The van der Waals surface area contributed by atoms with Crippen LogP contribution >= 0.6 is 0 Å². The average Bonchev–Trinajstić information content (AvgIpc) is 2.60. The third kappa shape index (κ3) is 2.41. The molecule has 0 aromatic rings. The van der Waals surface area contributed by atoms with Crippen LogP contribution in [0, 0.1) is 5.92 Å². The normalized spacial score (nSPS) is 23.1. The van der Waals surface area contributed by atoms with E-state index in [2.05, 4.69) is 49.6 Å². The standard InChI is InChI=1S/C12H20N2/c1-5-10(9(3)4)7-12-11(6-2)13-8-14-12/h5-7,9,13-14H,8H2,1-4H3/b10-5+,11-6+,12-7+. The zero-order valence-corrected chi connectivity index (χ0v) is 9.52. The van der Waals surface area contributed by atoms with Gasteiger partial charge < -0.3 is 10.6 Å². The van der Waals surface area contributed by atoms with E-state index in [1.807, 2.05) is 6.92 Å². The fraction of sp³-hybridized carbons (Fsp3) is 0.500. The smallest absolute Gasteiger partial charge is 0.0850 e. The molecule has 0 radical (unpaired) electrons. The summed E-state index contributed by atoms with van der Waals surface area (Å²) in [6.45, 7) is 9.40. The lowest BCUT2D eigenvalue weighted by Crippen LogP contribution is -2.10. The van der Waals surface area contributed by atoms with Crippen LogP contribution in [0.15, 0.2) is 35.2 Å². The second-order valence-electron chi connectivity index (χ2n) is 3.73. The summed E-state index contributed by atoms with van der Waals surface area (Å²) < 4.78 is 0. The molecule has 1 aliphatic rings. The van der Waals surface area contributed by atoms with Crippen molar-refractivity contribution in [1.29, 1.82) is 0 Å². The molecule has 0 bridgehead atoms. The second kappa shape index (κ2) is 4.89. The maximum absolute atomic E-state index is 3.32. The molecule has 0 aromatic carbocycles. The Morgan fingerprint density at radius 3 is 2.36 bits per heavy atom. The van der Waals surface area contributed by atoms with Crippen LogP contribution < -0.4 is 10.6 Å². The van der Waals surface area contributed by atoms with Crippen LogP contribution in [0.5, 0.6) is 0 Å². The van der Waals surface area contributed by atoms with Crippen LogP contribution in [-0.2, 0) is 0 Å². The molecule has 0 aromatic heterocycles. The molecule has 0 saturated carbocycles. The van der Waals surface area contributed by atoms with Gasteiger partial charge in [-0.1, -0.05) is 26.0 Å². The first-order valence-corrected chi connectivity index (χ1v) is 5.21. The van der Waals surface area contributed by atoms with E-state index >= 15 is 0 Å². The van der Waals surface area contributed by atoms with Crippen molar-refractivity contribution in [1.82, 2.24) is 10.6 Å². The highest BCUT2D eigenvalue weighted by molar-refractivity contribution is 5.37. The van der Waals surface area contributed by atoms with Crippen LogP contribution in [0.2, 0.25) is 0 Å². The summed E-state index contributed by atoms with van der Waals surface area (Å²) in [5.74, 6) is 0.577. The van der Waals surface area contributed by atoms with Crippen LogP contribution in [0.4, 0.5) is 0 Å². The molecule has 1 aliphatic heterocycles. The number of nitrogens with one attached hydrogen (secondary N) is 2. The van der Waals surface area contributed by atoms with Gasteiger partial charge in [-0.2, -0.15) is 0 Å². The monoisotopic (exact) mass is 192 g/mol. The lowest BCUT2D eigenvalue weighted by atomic mass is 10.0. The SMILES string of the molecule is C\C=C(/C=C1/NCN/C1=C/C)C(C)C. The Hall–Kier alpha value is -1.18. The number of hydrogen-bond acceptors (Lipinski definition) is 2. The predicted octanol–water partition coefficient (Wildman–Crippen LogP) is 2.53. The van der Waals surface area contributed by atoms with Gasteiger partial charge in [-0.05, 0) is 31.4 Å². The molecule has 0 spiro atoms. The molecular formula is C12H20N2. The van der Waals surface area contributed by atoms with Gasteiger partial charge >= 0.3 is 0 Å². The molecular weight excluding hydrogens is 172 g/mol. The van der Waals surface area contributed by atoms with Crippen molar-refractivity contribution < 1.29 is 0 Å². The van der Waals surface area contributed by atoms with Gasteiger partial charge in [-0.25, -0.2) is 0 Å². The third-order valence-electron chi connectivity index (χ3n) is 2.45. The maximum Gasteiger partial charge on any atom is 0.0850 e. The Bertz CT molecular complexity index is 283. The van der Waals surface area contributed by atoms with Gasteiger partial charge in [0.2, 0.25) is 0 Å². The van der Waals surface area contributed by atoms with Crippen LogP contribution in [0.3, 0.4) is 0 Å². The molecule has 14 heavy (non-hydrogen) atoms. The van der Waals surface area contributed by atoms with Crippen molar-refractivity contribution in [2.45, 2.75) is 27.7 Å². The average molecular weight is 192 g/mol. The van der Waals surface area contributed by atoms with Crippen molar-refractivity contribution in [2.24, 2.45) is 5.92 Å². The van der Waals surface area contributed by atoms with E-state index < -0.39 is 0 Å². The van der Waals surface area contributed by atoms with Crippen LogP contribution in [0.25, 0.3) is 0 Å². The van der Waals surface area contributed by atoms with Crippen LogP contribution in [0.1, 0.15) is 27.7 Å². The Morgan fingerprint density at radius 1 is 1.21 bits per heavy atom. The van der Waals surface area contributed by atoms with E-state index in [1.165, 1.54) is 17.0 Å². The molecule has 0 aliphatic carbocycles. The number of hydrogen-bond donors (Lipinski definition) is 2. The van der Waals surface area contributed by atoms with Crippen molar-refractivity contribution in [3.05, 3.63) is 35.2 Å². The number of rotatable bonds is 2. The van der Waals surface area contributed by atoms with E-state index in [0.717, 1.165) is 6.67 Å². The summed E-state index contributed by atoms with van der Waals surface area (Å²) >= 11 is 0. The highest BCUT2D eigenvalue weighted by Gasteiger charge is 2.11. The van der Waals surface area contributed by atoms with Crippen molar-refractivity contribution in [3.63, 3.8) is 0 Å². The minimum atomic E-state index is 0.577. The Morgan fingerprint density at radius 2 is 1.86 bits per heavy atom. The first-order chi connectivity index (χ1) is 6.69. The molecule has 0 amide bonds. The lowest BCUT2D eigenvalue weighted by Gasteiger charge is -2.07. The van der Waals surface area contributed by atoms with Gasteiger partial charge in [0.25, 0.3) is 0 Å². The molecule has 1 heterocycles. The highest BCUT2D eigenvalue weighted by atomic mass is 15.2. The van der Waals surface area contributed by atoms with E-state index in [0.29, 0.717) is 5.92 Å². The van der Waals surface area contributed by atoms with E-state index in [1.54, 1.807) is 0 Å². The molecule has 2 heteroatoms. The minimum Gasteiger partial charge on any atom is -0.367 e. The Labute approximate surface area is 86.8 Å². The molecule has 78 valence electrons. The molecule has 0 unspecified atom stereocenters. The molecule has 1 rings (SSSR count). The molecule has 2 nitrogen and oxygen atoms in total. The predicted molar refractivity (Wildman–Crippen MR) is 61.6 cm³/mol. The van der Waals surface area contributed by atoms with Gasteiger partial charge in [0.1, 0.15) is 0 Å². The fourth-order valence-electron chi connectivity index (χ4n) is 1.56. The zero-order chi connectivity index (χ0) is 10.6. The molecule has 2 N–H and O–H groups in total. The summed E-state index contributed by atoms with van der Waals surface area (Å²) in [5.41, 5.74) is 3.77. The first kappa shape index (κ1) is 10.9. The minimum absolute atomic E-state index is 0.577. The van der Waals surface area contributed by atoms with E-state index in [4.69, 9.17) is 0 Å². The Balaban J connectivity index is 2.86. The largest absolute Gasteiger partial charge is 0.367 e. The third-order valence-corrected chi connectivity index (χ3v) is 2.45. The summed E-state index contributed by atoms with van der Waals surface area (Å²) in [5, 5.41) is 6.60. The summed E-state index contributed by atoms with van der Waals surface area (Å²) in [7, 11) is 0. The van der Waals surface area contributed by atoms with E-state index in [-0.39, 0.29) is 0 Å². The van der Waals surface area contributed by atoms with Gasteiger partial charge in [0, 0.05) is 0 Å². The summed E-state index contributed by atoms with van der Waals surface area (Å²) in [4.78, 5) is 0. The molecule has 1 fully saturated rings. The van der Waals surface area contributed by atoms with Crippen molar-refractivity contribution in [3.8, 4) is 0 Å². The van der Waals surface area contributed by atoms with Gasteiger partial charge in [0.15, 0.2) is 0 Å². The summed E-state index contributed by atoms with van der Waals surface area (Å²) in [6.07, 6.45) is 6.49. The topological polar surface area (TPSA) is 24.1 Å². The molecule has 0 atom stereocenters. The fourth-order valence-corrected chi connectivity index (χ4v) is 1.56. The van der Waals surface area contributed by atoms with Gasteiger partial charge in [-0.3, -0.25) is 0 Å². The second-order valence-corrected chi connectivity index (χ2v) is 3.73. The maximum atomic E-state index is 3.32. The van der Waals surface area contributed by atoms with Gasteiger partial charge in [-0.15, -0.1) is 0 Å². The number of allylic oxidation sites excluding steroid dienone is 4. The molecule has 1 saturated heterocycles. The zero-order valence-electron chi connectivity index (χ0n) is 9.52. The Kier molecular flexibility index (Phi) is 3.81. The van der Waals surface area contributed by atoms with Crippen molar-refractivity contribution >= 4 is 0 Å². The summed E-state index contributed by atoms with van der Waals surface area (Å²) in [6, 6.07) is 0. The van der Waals surface area contributed by atoms with Crippen molar-refractivity contribution in [2.75, 3.05) is 6.67 Å². The van der Waals surface area contributed by atoms with Crippen LogP contribution in [-0.4, -0.2) is 6.67 Å². The lowest BCUT2D eigenvalue weighted by molar-refractivity contribution is 0.784. The van der Waals surface area contributed by atoms with E-state index in [9.17, 15) is 0 Å². The van der Waals surface area contributed by atoms with Gasteiger partial charge in [0.05, 0.1) is 18.1 Å². The first-order valence-electron chi connectivity index (χ1n) is 5.21. The highest BCUT2D eigenvalue weighted by Crippen LogP contribution is 2.16. The quantitative estimate of drug-likeness (QED) is 0.702.